The van der Waals surface area contributed by atoms with Crippen molar-refractivity contribution < 1.29 is 12.6 Å². The second-order valence-electron chi connectivity index (χ2n) is 1.36. The summed E-state index contributed by atoms with van der Waals surface area (Å²) < 4.78 is 18.1. The highest BCUT2D eigenvalue weighted by Gasteiger charge is 2.15. The summed E-state index contributed by atoms with van der Waals surface area (Å²) in [6, 6.07) is 0. The molecule has 0 aromatic carbocycles. The largest absolute Gasteiger partial charge is 0.396 e. The molecule has 0 atom stereocenters. The second-order valence-corrected chi connectivity index (χ2v) is 1.36. The zero-order valence-electron chi connectivity index (χ0n) is 5.35. The summed E-state index contributed by atoms with van der Waals surface area (Å²) in [6.45, 7) is -1.33. The van der Waals surface area contributed by atoms with Crippen LogP contribution < -0.4 is 0 Å². The molecule has 1 rings (SSSR count). The lowest BCUT2D eigenvalue weighted by atomic mass is 10.1. The first kappa shape index (κ1) is 2.28. The minimum absolute atomic E-state index is 0.303. The van der Waals surface area contributed by atoms with Gasteiger partial charge in [-0.3, -0.25) is 0 Å². The molecule has 0 saturated carbocycles. The van der Waals surface area contributed by atoms with E-state index in [0.29, 0.717) is 13.2 Å². The predicted octanol–water partition coefficient (Wildman–Crippen LogP) is -0.375. The summed E-state index contributed by atoms with van der Waals surface area (Å²) in [6.07, 6.45) is 0. The summed E-state index contributed by atoms with van der Waals surface area (Å²) in [5.41, 5.74) is 0. The van der Waals surface area contributed by atoms with Gasteiger partial charge >= 0.3 is 0 Å². The maximum Gasteiger partial charge on any atom is 0.0568 e. The molecule has 2 heteroatoms. The fourth-order valence-electron chi connectivity index (χ4n) is 0.310. The van der Waals surface area contributed by atoms with Crippen LogP contribution in [0, 0.1) is 5.92 Å². The van der Waals surface area contributed by atoms with Crippen molar-refractivity contribution in [3.8, 4) is 0 Å². The van der Waals surface area contributed by atoms with Gasteiger partial charge in [-0.25, -0.2) is 0 Å². The summed E-state index contributed by atoms with van der Waals surface area (Å²) in [5.74, 6) is -0.303. The zero-order valence-corrected chi connectivity index (χ0v) is 3.35. The topological polar surface area (TPSA) is 29.5 Å². The van der Waals surface area contributed by atoms with Gasteiger partial charge in [0.15, 0.2) is 0 Å². The number of rotatable bonds is 1. The molecular weight excluding hydrogens is 80.0 g/mol. The molecule has 0 aliphatic carbocycles. The van der Waals surface area contributed by atoms with Gasteiger partial charge < -0.3 is 9.84 Å². The Bertz CT molecular complexity index is 84.5. The van der Waals surface area contributed by atoms with E-state index >= 15 is 0 Å². The van der Waals surface area contributed by atoms with E-state index in [0.717, 1.165) is 0 Å². The van der Waals surface area contributed by atoms with E-state index in [1.807, 2.05) is 0 Å². The average Bonchev–Trinajstić information content (AvgIpc) is 1.16. The van der Waals surface area contributed by atoms with E-state index in [9.17, 15) is 0 Å². The fourth-order valence-corrected chi connectivity index (χ4v) is 0.310. The van der Waals surface area contributed by atoms with Crippen molar-refractivity contribution in [1.82, 2.24) is 0 Å². The highest BCUT2D eigenvalue weighted by molar-refractivity contribution is 4.61. The van der Waals surface area contributed by atoms with Crippen LogP contribution in [0.15, 0.2) is 0 Å². The second kappa shape index (κ2) is 1.58. The van der Waals surface area contributed by atoms with Gasteiger partial charge in [-0.05, 0) is 0 Å². The molecule has 0 spiro atoms. The average molecular weight is 90.1 g/mol. The molecule has 0 bridgehead atoms. The summed E-state index contributed by atoms with van der Waals surface area (Å²) in [4.78, 5) is 0. The Kier molecular flexibility index (Phi) is 0.601. The summed E-state index contributed by atoms with van der Waals surface area (Å²) in [7, 11) is 0. The molecule has 1 fully saturated rings. The van der Waals surface area contributed by atoms with E-state index < -0.39 is 6.56 Å². The van der Waals surface area contributed by atoms with E-state index in [1.165, 1.54) is 0 Å². The monoisotopic (exact) mass is 90.1 g/mol. The first-order chi connectivity index (χ1) is 3.61. The van der Waals surface area contributed by atoms with Crippen LogP contribution in [0.3, 0.4) is 0 Å². The Balaban J connectivity index is 2.34. The molecule has 1 saturated heterocycles. The van der Waals surface area contributed by atoms with Gasteiger partial charge in [-0.15, -0.1) is 0 Å². The van der Waals surface area contributed by atoms with Gasteiger partial charge in [0, 0.05) is 5.92 Å². The highest BCUT2D eigenvalue weighted by atomic mass is 16.5. The molecule has 1 heterocycles. The van der Waals surface area contributed by atoms with E-state index in [4.69, 9.17) is 7.85 Å². The molecule has 1 N–H and O–H groups in total. The normalized spacial score (nSPS) is 30.8. The Morgan fingerprint density at radius 1 is 2.00 bits per heavy atom. The van der Waals surface area contributed by atoms with Crippen LogP contribution in [0.2, 0.25) is 0 Å². The maximum absolute atomic E-state index is 8.59. The number of ether oxygens (including phenoxy) is 1. The lowest BCUT2D eigenvalue weighted by Crippen LogP contribution is -2.30. The van der Waals surface area contributed by atoms with Crippen LogP contribution in [0.1, 0.15) is 2.74 Å². The molecule has 2 nitrogen and oxygen atoms in total. The summed E-state index contributed by atoms with van der Waals surface area (Å²) in [5, 5.41) is 8.59. The molecule has 0 aromatic rings. The van der Waals surface area contributed by atoms with E-state index in [-0.39, 0.29) is 5.92 Å². The van der Waals surface area contributed by atoms with Gasteiger partial charge in [0.2, 0.25) is 0 Å². The number of hydrogen-bond acceptors (Lipinski definition) is 2. The predicted molar refractivity (Wildman–Crippen MR) is 21.4 cm³/mol. The third-order valence-corrected chi connectivity index (χ3v) is 0.821. The molecule has 1 aliphatic heterocycles. The number of hydrogen-bond donors (Lipinski definition) is 1. The lowest BCUT2D eigenvalue weighted by Gasteiger charge is -2.22. The first-order valence-electron chi connectivity index (χ1n) is 2.91. The van der Waals surface area contributed by atoms with Crippen LogP contribution in [0.4, 0.5) is 0 Å². The highest BCUT2D eigenvalue weighted by Crippen LogP contribution is 2.06. The van der Waals surface area contributed by atoms with Crippen molar-refractivity contribution in [2.24, 2.45) is 5.92 Å². The molecule has 0 aromatic heterocycles. The standard InChI is InChI=1S/C4H8O2/c5-1-4-2-6-3-4/h4-5H,1-3H2/i1D2. The molecule has 36 valence electrons. The first-order valence-corrected chi connectivity index (χ1v) is 1.91. The SMILES string of the molecule is [2H]C([2H])(O)C1COC1. The van der Waals surface area contributed by atoms with Crippen molar-refractivity contribution in [2.45, 2.75) is 0 Å². The van der Waals surface area contributed by atoms with Crippen molar-refractivity contribution in [2.75, 3.05) is 19.8 Å². The fraction of sp³-hybridized carbons (Fsp3) is 1.00. The minimum Gasteiger partial charge on any atom is -0.396 e. The van der Waals surface area contributed by atoms with Crippen LogP contribution in [0.5, 0.6) is 0 Å². The van der Waals surface area contributed by atoms with Crippen LogP contribution in [-0.2, 0) is 4.74 Å². The third kappa shape index (κ3) is 0.533. The molecule has 1 aliphatic rings. The van der Waals surface area contributed by atoms with Crippen molar-refractivity contribution in [1.29, 1.82) is 0 Å². The Hall–Kier alpha value is -0.0800. The van der Waals surface area contributed by atoms with Gasteiger partial charge in [0.1, 0.15) is 0 Å². The van der Waals surface area contributed by atoms with E-state index in [1.54, 1.807) is 0 Å². The van der Waals surface area contributed by atoms with Crippen LogP contribution in [-0.4, -0.2) is 24.9 Å². The van der Waals surface area contributed by atoms with Gasteiger partial charge in [-0.1, -0.05) is 0 Å². The summed E-state index contributed by atoms with van der Waals surface area (Å²) >= 11 is 0. The van der Waals surface area contributed by atoms with Gasteiger partial charge in [0.05, 0.1) is 22.5 Å². The van der Waals surface area contributed by atoms with Crippen LogP contribution in [0.25, 0.3) is 0 Å². The maximum atomic E-state index is 8.59. The molecular formula is C4H8O2. The molecule has 0 unspecified atom stereocenters. The quantitative estimate of drug-likeness (QED) is 0.476. The van der Waals surface area contributed by atoms with Crippen molar-refractivity contribution in [3.63, 3.8) is 0 Å². The van der Waals surface area contributed by atoms with Crippen molar-refractivity contribution in [3.05, 3.63) is 0 Å². The molecule has 0 radical (unpaired) electrons. The number of aliphatic hydroxyl groups is 1. The van der Waals surface area contributed by atoms with Crippen molar-refractivity contribution >= 4 is 0 Å². The van der Waals surface area contributed by atoms with E-state index in [2.05, 4.69) is 4.74 Å². The Labute approximate surface area is 39.5 Å². The molecule has 0 amide bonds. The van der Waals surface area contributed by atoms with Gasteiger partial charge in [0.25, 0.3) is 0 Å². The Morgan fingerprint density at radius 2 is 2.67 bits per heavy atom. The molecule has 6 heavy (non-hydrogen) atoms. The van der Waals surface area contributed by atoms with Gasteiger partial charge in [-0.2, -0.15) is 0 Å². The smallest absolute Gasteiger partial charge is 0.0568 e. The minimum atomic E-state index is -2.03. The third-order valence-electron chi connectivity index (χ3n) is 0.821. The lowest BCUT2D eigenvalue weighted by molar-refractivity contribution is -0.0554. The zero-order chi connectivity index (χ0) is 6.20. The van der Waals surface area contributed by atoms with Crippen LogP contribution >= 0.6 is 0 Å². The Morgan fingerprint density at radius 3 is 2.67 bits per heavy atom.